The molecule has 2 aliphatic rings. The van der Waals surface area contributed by atoms with Crippen molar-refractivity contribution in [3.05, 3.63) is 12.7 Å². The molecule has 0 aromatic heterocycles. The molecule has 1 heterocycles. The number of nitrogens with one attached hydrogen (secondary N) is 2. The molecule has 2 amide bonds. The normalized spacial score (nSPS) is 28.0. The quantitative estimate of drug-likeness (QED) is 0.673. The van der Waals surface area contributed by atoms with Crippen molar-refractivity contribution in [3.8, 4) is 0 Å². The van der Waals surface area contributed by atoms with E-state index in [1.807, 2.05) is 6.08 Å². The van der Waals surface area contributed by atoms with Crippen LogP contribution in [0.2, 0.25) is 0 Å². The van der Waals surface area contributed by atoms with Crippen molar-refractivity contribution in [3.63, 3.8) is 0 Å². The van der Waals surface area contributed by atoms with Gasteiger partial charge in [-0.2, -0.15) is 0 Å². The van der Waals surface area contributed by atoms with Crippen molar-refractivity contribution < 1.29 is 9.90 Å². The van der Waals surface area contributed by atoms with Gasteiger partial charge >= 0.3 is 6.03 Å². The number of aliphatic hydroxyl groups excluding tert-OH is 1. The molecule has 2 unspecified atom stereocenters. The summed E-state index contributed by atoms with van der Waals surface area (Å²) < 4.78 is 0. The van der Waals surface area contributed by atoms with Crippen LogP contribution in [-0.4, -0.2) is 54.4 Å². The number of piperidine rings is 1. The summed E-state index contributed by atoms with van der Waals surface area (Å²) in [6, 6.07) is 0.222. The van der Waals surface area contributed by atoms with E-state index in [2.05, 4.69) is 22.1 Å². The van der Waals surface area contributed by atoms with Gasteiger partial charge in [-0.05, 0) is 38.0 Å². The second-order valence-electron chi connectivity index (χ2n) is 6.40. The maximum absolute atomic E-state index is 11.9. The monoisotopic (exact) mass is 295 g/mol. The third-order valence-electron chi connectivity index (χ3n) is 4.62. The van der Waals surface area contributed by atoms with Crippen LogP contribution in [0.1, 0.15) is 38.5 Å². The fraction of sp³-hybridized carbons (Fsp3) is 0.812. The molecule has 120 valence electrons. The summed E-state index contributed by atoms with van der Waals surface area (Å²) in [5.74, 6) is 0.425. The third kappa shape index (κ3) is 5.67. The Morgan fingerprint density at radius 3 is 2.71 bits per heavy atom. The number of urea groups is 1. The van der Waals surface area contributed by atoms with Gasteiger partial charge in [-0.1, -0.05) is 12.5 Å². The van der Waals surface area contributed by atoms with E-state index in [4.69, 9.17) is 0 Å². The zero-order chi connectivity index (χ0) is 15.1. The number of aliphatic hydroxyl groups is 1. The van der Waals surface area contributed by atoms with E-state index >= 15 is 0 Å². The first-order valence-electron chi connectivity index (χ1n) is 8.23. The maximum atomic E-state index is 11.9. The fourth-order valence-electron chi connectivity index (χ4n) is 3.36. The lowest BCUT2D eigenvalue weighted by molar-refractivity contribution is 0.101. The van der Waals surface area contributed by atoms with E-state index < -0.39 is 0 Å². The summed E-state index contributed by atoms with van der Waals surface area (Å²) in [6.45, 7) is 7.41. The summed E-state index contributed by atoms with van der Waals surface area (Å²) in [5.41, 5.74) is 0. The van der Waals surface area contributed by atoms with Gasteiger partial charge in [0.2, 0.25) is 0 Å². The number of rotatable bonds is 5. The van der Waals surface area contributed by atoms with Crippen LogP contribution < -0.4 is 10.6 Å². The first-order chi connectivity index (χ1) is 10.2. The molecule has 0 radical (unpaired) electrons. The number of nitrogens with zero attached hydrogens (tertiary/aromatic N) is 1. The first kappa shape index (κ1) is 16.3. The van der Waals surface area contributed by atoms with Crippen LogP contribution in [0.3, 0.4) is 0 Å². The van der Waals surface area contributed by atoms with Crippen molar-refractivity contribution in [1.82, 2.24) is 15.5 Å². The van der Waals surface area contributed by atoms with E-state index in [9.17, 15) is 9.90 Å². The Morgan fingerprint density at radius 2 is 2.05 bits per heavy atom. The zero-order valence-corrected chi connectivity index (χ0v) is 12.9. The molecule has 2 atom stereocenters. The van der Waals surface area contributed by atoms with Gasteiger partial charge in [0.15, 0.2) is 0 Å². The predicted molar refractivity (Wildman–Crippen MR) is 84.2 cm³/mol. The molecule has 1 aliphatic carbocycles. The van der Waals surface area contributed by atoms with Gasteiger partial charge in [-0.15, -0.1) is 6.58 Å². The summed E-state index contributed by atoms with van der Waals surface area (Å²) in [4.78, 5) is 14.3. The van der Waals surface area contributed by atoms with E-state index in [1.165, 1.54) is 0 Å². The highest BCUT2D eigenvalue weighted by Crippen LogP contribution is 2.23. The van der Waals surface area contributed by atoms with Crippen molar-refractivity contribution in [1.29, 1.82) is 0 Å². The highest BCUT2D eigenvalue weighted by Gasteiger charge is 2.22. The minimum Gasteiger partial charge on any atom is -0.393 e. The maximum Gasteiger partial charge on any atom is 0.315 e. The second kappa shape index (κ2) is 8.39. The summed E-state index contributed by atoms with van der Waals surface area (Å²) in [7, 11) is 0. The van der Waals surface area contributed by atoms with Gasteiger partial charge in [-0.3, -0.25) is 4.90 Å². The molecule has 1 saturated carbocycles. The number of hydrogen-bond acceptors (Lipinski definition) is 3. The Bertz CT molecular complexity index is 340. The number of likely N-dealkylation sites (tertiary alicyclic amines) is 1. The molecule has 2 fully saturated rings. The Morgan fingerprint density at radius 1 is 1.29 bits per heavy atom. The highest BCUT2D eigenvalue weighted by molar-refractivity contribution is 5.74. The summed E-state index contributed by atoms with van der Waals surface area (Å²) in [6.07, 6.45) is 7.66. The first-order valence-corrected chi connectivity index (χ1v) is 8.23. The smallest absolute Gasteiger partial charge is 0.315 e. The molecule has 3 N–H and O–H groups in total. The molecule has 0 aromatic carbocycles. The summed E-state index contributed by atoms with van der Waals surface area (Å²) in [5, 5.41) is 15.7. The Balaban J connectivity index is 1.60. The van der Waals surface area contributed by atoms with Crippen LogP contribution in [0.25, 0.3) is 0 Å². The minimum absolute atomic E-state index is 0.0581. The number of amides is 2. The molecular weight excluding hydrogens is 266 g/mol. The van der Waals surface area contributed by atoms with Crippen molar-refractivity contribution in [2.24, 2.45) is 5.92 Å². The highest BCUT2D eigenvalue weighted by atomic mass is 16.3. The average molecular weight is 295 g/mol. The van der Waals surface area contributed by atoms with E-state index in [-0.39, 0.29) is 18.2 Å². The van der Waals surface area contributed by atoms with Crippen LogP contribution >= 0.6 is 0 Å². The van der Waals surface area contributed by atoms with Gasteiger partial charge in [0.05, 0.1) is 6.10 Å². The molecule has 2 rings (SSSR count). The number of carbonyl (C=O) groups is 1. The fourth-order valence-corrected chi connectivity index (χ4v) is 3.36. The van der Waals surface area contributed by atoms with Gasteiger partial charge in [0.25, 0.3) is 0 Å². The molecule has 0 aromatic rings. The molecule has 0 spiro atoms. The van der Waals surface area contributed by atoms with Crippen LogP contribution in [-0.2, 0) is 0 Å². The van der Waals surface area contributed by atoms with E-state index in [0.717, 1.165) is 58.2 Å². The van der Waals surface area contributed by atoms with Crippen molar-refractivity contribution in [2.45, 2.75) is 50.7 Å². The van der Waals surface area contributed by atoms with Gasteiger partial charge in [0, 0.05) is 32.2 Å². The Hall–Kier alpha value is -1.07. The van der Waals surface area contributed by atoms with Crippen LogP contribution in [0, 0.1) is 5.92 Å². The Labute approximate surface area is 127 Å². The average Bonchev–Trinajstić information content (AvgIpc) is 2.48. The molecule has 5 nitrogen and oxygen atoms in total. The van der Waals surface area contributed by atoms with Gasteiger partial charge in [0.1, 0.15) is 0 Å². The number of hydrogen-bond donors (Lipinski definition) is 3. The topological polar surface area (TPSA) is 64.6 Å². The van der Waals surface area contributed by atoms with Gasteiger partial charge < -0.3 is 15.7 Å². The lowest BCUT2D eigenvalue weighted by Crippen LogP contribution is -2.48. The minimum atomic E-state index is -0.178. The third-order valence-corrected chi connectivity index (χ3v) is 4.62. The lowest BCUT2D eigenvalue weighted by atomic mass is 9.87. The van der Waals surface area contributed by atoms with Crippen LogP contribution in [0.4, 0.5) is 4.79 Å². The summed E-state index contributed by atoms with van der Waals surface area (Å²) >= 11 is 0. The molecule has 21 heavy (non-hydrogen) atoms. The van der Waals surface area contributed by atoms with Crippen LogP contribution in [0.5, 0.6) is 0 Å². The van der Waals surface area contributed by atoms with Gasteiger partial charge in [-0.25, -0.2) is 4.79 Å². The lowest BCUT2D eigenvalue weighted by Gasteiger charge is -2.32. The molecule has 1 aliphatic heterocycles. The zero-order valence-electron chi connectivity index (χ0n) is 12.9. The van der Waals surface area contributed by atoms with Crippen LogP contribution in [0.15, 0.2) is 12.7 Å². The SMILES string of the molecule is C=CCN1CCC(NC(=O)NCC2CCCC(O)C2)CC1. The molecule has 5 heteroatoms. The predicted octanol–water partition coefficient (Wildman–Crippen LogP) is 1.49. The number of carbonyl (C=O) groups excluding carboxylic acids is 1. The van der Waals surface area contributed by atoms with Crippen molar-refractivity contribution in [2.75, 3.05) is 26.2 Å². The van der Waals surface area contributed by atoms with Crippen molar-refractivity contribution >= 4 is 6.03 Å². The second-order valence-corrected chi connectivity index (χ2v) is 6.40. The Kier molecular flexibility index (Phi) is 6.51. The standard InChI is InChI=1S/C16H29N3O2/c1-2-8-19-9-6-14(7-10-19)18-16(21)17-12-13-4-3-5-15(20)11-13/h2,13-15,20H,1,3-12H2,(H2,17,18,21). The van der Waals surface area contributed by atoms with E-state index in [0.29, 0.717) is 12.5 Å². The molecule has 0 bridgehead atoms. The largest absolute Gasteiger partial charge is 0.393 e. The molecule has 1 saturated heterocycles. The van der Waals surface area contributed by atoms with E-state index in [1.54, 1.807) is 0 Å². The molecular formula is C16H29N3O2.